The molecule has 1 amide bonds. The van der Waals surface area contributed by atoms with E-state index in [4.69, 9.17) is 11.6 Å². The quantitative estimate of drug-likeness (QED) is 0.479. The molecule has 0 heterocycles. The van der Waals surface area contributed by atoms with Gasteiger partial charge in [0.05, 0.1) is 17.6 Å². The second kappa shape index (κ2) is 9.77. The number of hydrogen-bond donors (Lipinski definition) is 1. The normalized spacial score (nSPS) is 12.2. The fraction of sp³-hybridized carbons (Fsp3) is 0.200. The van der Waals surface area contributed by atoms with Crippen LogP contribution in [0.3, 0.4) is 0 Å². The lowest BCUT2D eigenvalue weighted by Crippen LogP contribution is -2.45. The summed E-state index contributed by atoms with van der Waals surface area (Å²) in [5.41, 5.74) is 2.92. The second-order valence-corrected chi connectivity index (χ2v) is 10.2. The Morgan fingerprint density at radius 1 is 0.970 bits per heavy atom. The summed E-state index contributed by atoms with van der Waals surface area (Å²) in [7, 11) is -3.79. The third-order valence-electron chi connectivity index (χ3n) is 5.21. The van der Waals surface area contributed by atoms with Gasteiger partial charge in [-0.3, -0.25) is 13.9 Å². The molecule has 0 aliphatic carbocycles. The first-order valence-corrected chi connectivity index (χ1v) is 12.5. The monoisotopic (exact) mass is 484 g/mol. The second-order valence-electron chi connectivity index (χ2n) is 7.90. The van der Waals surface area contributed by atoms with E-state index in [9.17, 15) is 18.0 Å². The zero-order valence-corrected chi connectivity index (χ0v) is 20.4. The summed E-state index contributed by atoms with van der Waals surface area (Å²) in [6.45, 7) is 5.14. The zero-order chi connectivity index (χ0) is 24.3. The van der Waals surface area contributed by atoms with Gasteiger partial charge in [-0.15, -0.1) is 0 Å². The van der Waals surface area contributed by atoms with Gasteiger partial charge in [0.15, 0.2) is 5.78 Å². The first-order valence-electron chi connectivity index (χ1n) is 10.3. The molecular weight excluding hydrogens is 460 g/mol. The minimum absolute atomic E-state index is 0.215. The summed E-state index contributed by atoms with van der Waals surface area (Å²) in [6.07, 6.45) is 1.06. The lowest BCUT2D eigenvalue weighted by molar-refractivity contribution is -0.116. The number of rotatable bonds is 7. The van der Waals surface area contributed by atoms with Crippen molar-refractivity contribution in [2.45, 2.75) is 26.8 Å². The molecule has 0 saturated carbocycles. The fourth-order valence-electron chi connectivity index (χ4n) is 3.53. The van der Waals surface area contributed by atoms with Crippen molar-refractivity contribution in [1.29, 1.82) is 0 Å². The number of carbonyl (C=O) groups excluding carboxylic acids is 2. The molecule has 0 fully saturated rings. The van der Waals surface area contributed by atoms with E-state index in [1.807, 2.05) is 19.1 Å². The summed E-state index contributed by atoms with van der Waals surface area (Å²) in [5.74, 6) is -0.888. The maximum Gasteiger partial charge on any atom is 0.248 e. The van der Waals surface area contributed by atoms with Crippen molar-refractivity contribution in [1.82, 2.24) is 0 Å². The molecule has 172 valence electrons. The number of ketones is 1. The highest BCUT2D eigenvalue weighted by molar-refractivity contribution is 7.92. The van der Waals surface area contributed by atoms with Crippen LogP contribution >= 0.6 is 11.6 Å². The number of sulfonamides is 1. The standard InChI is InChI=1S/C25H25ClN2O4S/c1-16-10-11-17(2)23(14-16)28(33(4,31)32)18(3)25(30)27-22-13-12-20(26)15-21(22)24(29)19-8-6-5-7-9-19/h5-15,18H,1-4H3,(H,27,30)/t18-/m0/s1. The lowest BCUT2D eigenvalue weighted by Gasteiger charge is -2.30. The van der Waals surface area contributed by atoms with E-state index in [0.717, 1.165) is 21.7 Å². The van der Waals surface area contributed by atoms with Crippen molar-refractivity contribution in [3.8, 4) is 0 Å². The SMILES string of the molecule is Cc1ccc(C)c(N([C@@H](C)C(=O)Nc2ccc(Cl)cc2C(=O)c2ccccc2)S(C)(=O)=O)c1. The van der Waals surface area contributed by atoms with Gasteiger partial charge in [0.1, 0.15) is 6.04 Å². The van der Waals surface area contributed by atoms with Crippen molar-refractivity contribution < 1.29 is 18.0 Å². The van der Waals surface area contributed by atoms with Crippen LogP contribution in [-0.2, 0) is 14.8 Å². The fourth-order valence-corrected chi connectivity index (χ4v) is 4.93. The highest BCUT2D eigenvalue weighted by Gasteiger charge is 2.31. The Morgan fingerprint density at radius 3 is 2.27 bits per heavy atom. The van der Waals surface area contributed by atoms with Crippen LogP contribution in [0.5, 0.6) is 0 Å². The molecule has 1 atom stereocenters. The Hall–Kier alpha value is -3.16. The molecular formula is C25H25ClN2O4S. The Labute approximate surface area is 199 Å². The highest BCUT2D eigenvalue weighted by Crippen LogP contribution is 2.28. The lowest BCUT2D eigenvalue weighted by atomic mass is 10.0. The number of anilines is 2. The number of carbonyl (C=O) groups is 2. The average Bonchev–Trinajstić information content (AvgIpc) is 2.76. The highest BCUT2D eigenvalue weighted by atomic mass is 35.5. The van der Waals surface area contributed by atoms with E-state index in [-0.39, 0.29) is 17.0 Å². The topological polar surface area (TPSA) is 83.6 Å². The molecule has 0 aliphatic rings. The van der Waals surface area contributed by atoms with Crippen LogP contribution in [0.1, 0.15) is 34.0 Å². The summed E-state index contributed by atoms with van der Waals surface area (Å²) in [4.78, 5) is 26.3. The number of nitrogens with one attached hydrogen (secondary N) is 1. The number of nitrogens with zero attached hydrogens (tertiary/aromatic N) is 1. The molecule has 0 aromatic heterocycles. The van der Waals surface area contributed by atoms with Crippen molar-refractivity contribution >= 4 is 44.7 Å². The van der Waals surface area contributed by atoms with E-state index in [0.29, 0.717) is 16.3 Å². The van der Waals surface area contributed by atoms with Crippen LogP contribution in [0, 0.1) is 13.8 Å². The first-order chi connectivity index (χ1) is 15.5. The minimum atomic E-state index is -3.79. The Balaban J connectivity index is 1.98. The number of benzene rings is 3. The summed E-state index contributed by atoms with van der Waals surface area (Å²) in [6, 6.07) is 17.5. The van der Waals surface area contributed by atoms with Gasteiger partial charge in [-0.05, 0) is 56.2 Å². The van der Waals surface area contributed by atoms with Crippen molar-refractivity contribution in [2.75, 3.05) is 15.9 Å². The molecule has 0 aliphatic heterocycles. The maximum absolute atomic E-state index is 13.2. The molecule has 0 unspecified atom stereocenters. The molecule has 3 aromatic rings. The van der Waals surface area contributed by atoms with Gasteiger partial charge in [0.25, 0.3) is 0 Å². The van der Waals surface area contributed by atoms with Crippen LogP contribution in [0.2, 0.25) is 5.02 Å². The average molecular weight is 485 g/mol. The molecule has 0 radical (unpaired) electrons. The van der Waals surface area contributed by atoms with Crippen LogP contribution in [0.4, 0.5) is 11.4 Å². The third kappa shape index (κ3) is 5.61. The predicted molar refractivity (Wildman–Crippen MR) is 133 cm³/mol. The third-order valence-corrected chi connectivity index (χ3v) is 6.67. The minimum Gasteiger partial charge on any atom is -0.324 e. The van der Waals surface area contributed by atoms with Crippen molar-refractivity contribution in [3.05, 3.63) is 94.0 Å². The van der Waals surface area contributed by atoms with E-state index < -0.39 is 22.0 Å². The van der Waals surface area contributed by atoms with Crippen LogP contribution in [0.15, 0.2) is 66.7 Å². The van der Waals surface area contributed by atoms with E-state index in [1.165, 1.54) is 19.1 Å². The van der Waals surface area contributed by atoms with Gasteiger partial charge in [-0.25, -0.2) is 8.42 Å². The van der Waals surface area contributed by atoms with Gasteiger partial charge >= 0.3 is 0 Å². The first kappa shape index (κ1) is 24.5. The number of aryl methyl sites for hydroxylation is 2. The van der Waals surface area contributed by atoms with E-state index in [1.54, 1.807) is 49.4 Å². The molecule has 3 rings (SSSR count). The summed E-state index contributed by atoms with van der Waals surface area (Å²) < 4.78 is 26.4. The molecule has 0 saturated heterocycles. The van der Waals surface area contributed by atoms with Gasteiger partial charge in [0.2, 0.25) is 15.9 Å². The molecule has 1 N–H and O–H groups in total. The summed E-state index contributed by atoms with van der Waals surface area (Å²) in [5, 5.41) is 3.06. The molecule has 6 nitrogen and oxygen atoms in total. The maximum atomic E-state index is 13.2. The molecule has 8 heteroatoms. The number of halogens is 1. The van der Waals surface area contributed by atoms with Gasteiger partial charge < -0.3 is 5.32 Å². The van der Waals surface area contributed by atoms with Crippen molar-refractivity contribution in [2.24, 2.45) is 0 Å². The van der Waals surface area contributed by atoms with E-state index >= 15 is 0 Å². The van der Waals surface area contributed by atoms with Gasteiger partial charge in [0, 0.05) is 16.1 Å². The van der Waals surface area contributed by atoms with Gasteiger partial charge in [-0.2, -0.15) is 0 Å². The molecule has 3 aromatic carbocycles. The van der Waals surface area contributed by atoms with Gasteiger partial charge in [-0.1, -0.05) is 54.1 Å². The van der Waals surface area contributed by atoms with E-state index in [2.05, 4.69) is 5.32 Å². The largest absolute Gasteiger partial charge is 0.324 e. The van der Waals surface area contributed by atoms with Crippen molar-refractivity contribution in [3.63, 3.8) is 0 Å². The van der Waals surface area contributed by atoms with Crippen LogP contribution in [0.25, 0.3) is 0 Å². The number of amides is 1. The van der Waals surface area contributed by atoms with Crippen LogP contribution in [-0.4, -0.2) is 32.4 Å². The van der Waals surface area contributed by atoms with Crippen LogP contribution < -0.4 is 9.62 Å². The smallest absolute Gasteiger partial charge is 0.248 e. The number of hydrogen-bond acceptors (Lipinski definition) is 4. The predicted octanol–water partition coefficient (Wildman–Crippen LogP) is 4.98. The summed E-state index contributed by atoms with van der Waals surface area (Å²) >= 11 is 6.12. The molecule has 0 bridgehead atoms. The molecule has 33 heavy (non-hydrogen) atoms. The Kier molecular flexibility index (Phi) is 7.25. The Morgan fingerprint density at radius 2 is 1.64 bits per heavy atom. The molecule has 0 spiro atoms. The Bertz CT molecular complexity index is 1310. The zero-order valence-electron chi connectivity index (χ0n) is 18.8.